The lowest BCUT2D eigenvalue weighted by atomic mass is 10.1. The predicted molar refractivity (Wildman–Crippen MR) is 66.0 cm³/mol. The topological polar surface area (TPSA) is 64.3 Å². The van der Waals surface area contributed by atoms with Crippen molar-refractivity contribution in [2.75, 3.05) is 18.5 Å². The van der Waals surface area contributed by atoms with E-state index < -0.39 is 11.9 Å². The number of hydrogen-bond acceptors (Lipinski definition) is 3. The molecule has 4 nitrogen and oxygen atoms in total. The number of rotatable bonds is 4. The lowest BCUT2D eigenvalue weighted by Gasteiger charge is -2.22. The summed E-state index contributed by atoms with van der Waals surface area (Å²) in [5.74, 6) is -1.30. The van der Waals surface area contributed by atoms with Crippen LogP contribution in [0.5, 0.6) is 0 Å². The van der Waals surface area contributed by atoms with E-state index in [-0.39, 0.29) is 0 Å². The quantitative estimate of drug-likeness (QED) is 0.862. The van der Waals surface area contributed by atoms with Crippen molar-refractivity contribution < 1.29 is 9.90 Å². The molecule has 0 amide bonds. The van der Waals surface area contributed by atoms with E-state index in [9.17, 15) is 4.79 Å². The van der Waals surface area contributed by atoms with Crippen molar-refractivity contribution in [1.82, 2.24) is 0 Å². The number of aliphatic carboxylic acids is 1. The number of benzene rings is 1. The van der Waals surface area contributed by atoms with Crippen molar-refractivity contribution in [3.8, 4) is 6.07 Å². The van der Waals surface area contributed by atoms with Crippen LogP contribution in [0.2, 0.25) is 0 Å². The van der Waals surface area contributed by atoms with Gasteiger partial charge in [-0.3, -0.25) is 4.79 Å². The largest absolute Gasteiger partial charge is 0.481 e. The van der Waals surface area contributed by atoms with E-state index in [1.807, 2.05) is 19.1 Å². The summed E-state index contributed by atoms with van der Waals surface area (Å²) in [4.78, 5) is 12.6. The Morgan fingerprint density at radius 1 is 1.59 bits per heavy atom. The molecule has 1 N–H and O–H groups in total. The van der Waals surface area contributed by atoms with Crippen molar-refractivity contribution in [3.05, 3.63) is 29.3 Å². The Kier molecular flexibility index (Phi) is 4.11. The fourth-order valence-corrected chi connectivity index (χ4v) is 1.66. The first-order chi connectivity index (χ1) is 7.95. The van der Waals surface area contributed by atoms with Gasteiger partial charge in [0.05, 0.1) is 17.2 Å². The molecule has 90 valence electrons. The molecular formula is C13H16N2O2. The molecule has 0 aliphatic heterocycles. The summed E-state index contributed by atoms with van der Waals surface area (Å²) in [5, 5.41) is 17.9. The zero-order valence-electron chi connectivity index (χ0n) is 10.3. The van der Waals surface area contributed by atoms with Crippen LogP contribution in [-0.2, 0) is 4.79 Å². The van der Waals surface area contributed by atoms with Crippen LogP contribution in [0.1, 0.15) is 18.1 Å². The van der Waals surface area contributed by atoms with Crippen LogP contribution in [0.4, 0.5) is 5.69 Å². The highest BCUT2D eigenvalue weighted by Crippen LogP contribution is 2.21. The van der Waals surface area contributed by atoms with Crippen LogP contribution in [0.25, 0.3) is 0 Å². The summed E-state index contributed by atoms with van der Waals surface area (Å²) in [7, 11) is 1.80. The number of nitrogens with zero attached hydrogens (tertiary/aromatic N) is 2. The van der Waals surface area contributed by atoms with Crippen LogP contribution in [0, 0.1) is 24.2 Å². The summed E-state index contributed by atoms with van der Waals surface area (Å²) in [6.07, 6.45) is 0. The molecule has 4 heteroatoms. The maximum Gasteiger partial charge on any atom is 0.308 e. The Labute approximate surface area is 101 Å². The van der Waals surface area contributed by atoms with E-state index in [2.05, 4.69) is 6.07 Å². The summed E-state index contributed by atoms with van der Waals surface area (Å²) in [6.45, 7) is 3.95. The zero-order chi connectivity index (χ0) is 13.0. The molecule has 0 aliphatic rings. The third-order valence-corrected chi connectivity index (χ3v) is 2.65. The van der Waals surface area contributed by atoms with Gasteiger partial charge in [0.15, 0.2) is 0 Å². The molecule has 1 rings (SSSR count). The summed E-state index contributed by atoms with van der Waals surface area (Å²) in [6, 6.07) is 7.70. The second kappa shape index (κ2) is 5.35. The van der Waals surface area contributed by atoms with E-state index in [4.69, 9.17) is 10.4 Å². The smallest absolute Gasteiger partial charge is 0.308 e. The summed E-state index contributed by atoms with van der Waals surface area (Å²) in [5.41, 5.74) is 2.36. The Morgan fingerprint density at radius 3 is 2.76 bits per heavy atom. The summed E-state index contributed by atoms with van der Waals surface area (Å²) < 4.78 is 0. The monoisotopic (exact) mass is 232 g/mol. The molecule has 0 spiro atoms. The Bertz CT molecular complexity index is 463. The normalized spacial score (nSPS) is 11.6. The molecule has 0 aliphatic carbocycles. The van der Waals surface area contributed by atoms with Gasteiger partial charge in [-0.25, -0.2) is 0 Å². The van der Waals surface area contributed by atoms with Gasteiger partial charge in [0, 0.05) is 13.6 Å². The molecule has 1 aromatic rings. The number of carbonyl (C=O) groups is 1. The number of carboxylic acid groups (broad SMARTS) is 1. The van der Waals surface area contributed by atoms with Crippen LogP contribution in [0.3, 0.4) is 0 Å². The molecular weight excluding hydrogens is 216 g/mol. The zero-order valence-corrected chi connectivity index (χ0v) is 10.3. The van der Waals surface area contributed by atoms with Gasteiger partial charge < -0.3 is 10.0 Å². The number of nitriles is 1. The number of carboxylic acids is 1. The molecule has 1 aromatic carbocycles. The van der Waals surface area contributed by atoms with Gasteiger partial charge in [-0.1, -0.05) is 13.0 Å². The third kappa shape index (κ3) is 3.22. The molecule has 0 saturated carbocycles. The Balaban J connectivity index is 2.93. The van der Waals surface area contributed by atoms with Crippen LogP contribution >= 0.6 is 0 Å². The van der Waals surface area contributed by atoms with Gasteiger partial charge in [-0.15, -0.1) is 0 Å². The van der Waals surface area contributed by atoms with E-state index in [0.717, 1.165) is 11.3 Å². The minimum Gasteiger partial charge on any atom is -0.481 e. The lowest BCUT2D eigenvalue weighted by molar-refractivity contribution is -0.140. The van der Waals surface area contributed by atoms with Gasteiger partial charge in [0.2, 0.25) is 0 Å². The fourth-order valence-electron chi connectivity index (χ4n) is 1.66. The van der Waals surface area contributed by atoms with Crippen LogP contribution < -0.4 is 4.90 Å². The average molecular weight is 232 g/mol. The molecule has 0 radical (unpaired) electrons. The minimum atomic E-state index is -0.831. The molecule has 0 fully saturated rings. The lowest BCUT2D eigenvalue weighted by Crippen LogP contribution is -2.28. The average Bonchev–Trinajstić information content (AvgIpc) is 2.28. The molecule has 0 heterocycles. The van der Waals surface area contributed by atoms with Crippen LogP contribution in [-0.4, -0.2) is 24.7 Å². The van der Waals surface area contributed by atoms with E-state index in [0.29, 0.717) is 12.1 Å². The number of hydrogen-bond donors (Lipinski definition) is 1. The summed E-state index contributed by atoms with van der Waals surface area (Å²) >= 11 is 0. The SMILES string of the molecule is Cc1ccc(N(C)CC(C)C(=O)O)c(C#N)c1. The van der Waals surface area contributed by atoms with Crippen molar-refractivity contribution in [2.24, 2.45) is 5.92 Å². The van der Waals surface area contributed by atoms with E-state index in [1.165, 1.54) is 0 Å². The molecule has 0 saturated heterocycles. The highest BCUT2D eigenvalue weighted by molar-refractivity contribution is 5.71. The molecule has 1 atom stereocenters. The Hall–Kier alpha value is -2.02. The number of aryl methyl sites for hydroxylation is 1. The van der Waals surface area contributed by atoms with Crippen molar-refractivity contribution in [3.63, 3.8) is 0 Å². The first kappa shape index (κ1) is 13.0. The molecule has 0 bridgehead atoms. The van der Waals surface area contributed by atoms with Gasteiger partial charge in [0.25, 0.3) is 0 Å². The second-order valence-electron chi connectivity index (χ2n) is 4.25. The maximum absolute atomic E-state index is 10.8. The fraction of sp³-hybridized carbons (Fsp3) is 0.385. The van der Waals surface area contributed by atoms with Gasteiger partial charge in [-0.05, 0) is 24.6 Å². The minimum absolute atomic E-state index is 0.382. The highest BCUT2D eigenvalue weighted by atomic mass is 16.4. The van der Waals surface area contributed by atoms with Crippen molar-refractivity contribution >= 4 is 11.7 Å². The third-order valence-electron chi connectivity index (χ3n) is 2.65. The first-order valence-corrected chi connectivity index (χ1v) is 5.40. The predicted octanol–water partition coefficient (Wildman–Crippen LogP) is 2.02. The van der Waals surface area contributed by atoms with Crippen molar-refractivity contribution in [2.45, 2.75) is 13.8 Å². The first-order valence-electron chi connectivity index (χ1n) is 5.40. The standard InChI is InChI=1S/C13H16N2O2/c1-9-4-5-12(11(6-9)7-14)15(3)8-10(2)13(16)17/h4-6,10H,8H2,1-3H3,(H,16,17). The van der Waals surface area contributed by atoms with Gasteiger partial charge in [0.1, 0.15) is 6.07 Å². The molecule has 17 heavy (non-hydrogen) atoms. The van der Waals surface area contributed by atoms with E-state index in [1.54, 1.807) is 24.9 Å². The van der Waals surface area contributed by atoms with Crippen LogP contribution in [0.15, 0.2) is 18.2 Å². The number of anilines is 1. The van der Waals surface area contributed by atoms with Gasteiger partial charge in [-0.2, -0.15) is 5.26 Å². The van der Waals surface area contributed by atoms with E-state index >= 15 is 0 Å². The van der Waals surface area contributed by atoms with Crippen molar-refractivity contribution in [1.29, 1.82) is 5.26 Å². The Morgan fingerprint density at radius 2 is 2.24 bits per heavy atom. The maximum atomic E-state index is 10.8. The van der Waals surface area contributed by atoms with Gasteiger partial charge >= 0.3 is 5.97 Å². The highest BCUT2D eigenvalue weighted by Gasteiger charge is 2.15. The second-order valence-corrected chi connectivity index (χ2v) is 4.25. The molecule has 0 aromatic heterocycles. The molecule has 1 unspecified atom stereocenters.